The van der Waals surface area contributed by atoms with Gasteiger partial charge in [-0.05, 0) is 36.4 Å². The lowest BCUT2D eigenvalue weighted by molar-refractivity contribution is 0.297. The quantitative estimate of drug-likeness (QED) is 0.438. The number of benzene rings is 3. The van der Waals surface area contributed by atoms with Crippen molar-refractivity contribution in [2.24, 2.45) is 0 Å². The van der Waals surface area contributed by atoms with Gasteiger partial charge >= 0.3 is 0 Å². The lowest BCUT2D eigenvalue weighted by Crippen LogP contribution is -1.97. The molecule has 0 fully saturated rings. The molecule has 0 spiro atoms. The lowest BCUT2D eigenvalue weighted by atomic mass is 10.1. The molecule has 0 aliphatic heterocycles. The van der Waals surface area contributed by atoms with Crippen molar-refractivity contribution >= 4 is 21.4 Å². The molecule has 3 aromatic carbocycles. The van der Waals surface area contributed by atoms with E-state index in [1.54, 1.807) is 24.3 Å². The normalized spacial score (nSPS) is 11.4. The van der Waals surface area contributed by atoms with Gasteiger partial charge < -0.3 is 9.72 Å². The zero-order valence-electron chi connectivity index (χ0n) is 16.2. The first-order valence-electron chi connectivity index (χ1n) is 9.23. The summed E-state index contributed by atoms with van der Waals surface area (Å²) < 4.78 is 29.4. The number of aromatic nitrogens is 2. The van der Waals surface area contributed by atoms with Crippen LogP contribution in [0.15, 0.2) is 83.8 Å². The van der Waals surface area contributed by atoms with Crippen LogP contribution in [0.3, 0.4) is 0 Å². The van der Waals surface area contributed by atoms with Gasteiger partial charge in [0.2, 0.25) is 0 Å². The maximum absolute atomic E-state index is 11.8. The summed E-state index contributed by atoms with van der Waals surface area (Å²) in [6.45, 7) is 0.270. The van der Waals surface area contributed by atoms with Crippen LogP contribution in [0.25, 0.3) is 22.5 Å². The molecule has 0 saturated heterocycles. The predicted molar refractivity (Wildman–Crippen MR) is 118 cm³/mol. The van der Waals surface area contributed by atoms with Crippen molar-refractivity contribution in [1.82, 2.24) is 9.97 Å². The van der Waals surface area contributed by atoms with Gasteiger partial charge in [0.1, 0.15) is 18.2 Å². The Labute approximate surface area is 180 Å². The highest BCUT2D eigenvalue weighted by molar-refractivity contribution is 7.90. The van der Waals surface area contributed by atoms with Gasteiger partial charge in [-0.3, -0.25) is 0 Å². The Morgan fingerprint density at radius 1 is 0.900 bits per heavy atom. The van der Waals surface area contributed by atoms with Crippen molar-refractivity contribution in [1.29, 1.82) is 0 Å². The van der Waals surface area contributed by atoms with Gasteiger partial charge in [-0.1, -0.05) is 54.1 Å². The zero-order chi connectivity index (χ0) is 21.1. The molecule has 0 bridgehead atoms. The standard InChI is InChI=1S/C23H19ClN2O3S/c1-30(27,28)20-13-9-17(10-14-20)23-22(16-7-11-18(24)12-8-16)25-21(26-23)15-29-19-5-3-2-4-6-19/h2-14H,15H2,1H3,(H,25,26). The molecule has 5 nitrogen and oxygen atoms in total. The summed E-state index contributed by atoms with van der Waals surface area (Å²) in [4.78, 5) is 8.32. The fraction of sp³-hybridized carbons (Fsp3) is 0.0870. The van der Waals surface area contributed by atoms with Crippen molar-refractivity contribution in [2.45, 2.75) is 11.5 Å². The van der Waals surface area contributed by atoms with Crippen LogP contribution in [0.1, 0.15) is 5.82 Å². The minimum atomic E-state index is -3.26. The molecule has 4 rings (SSSR count). The molecule has 0 atom stereocenters. The van der Waals surface area contributed by atoms with Crippen LogP contribution >= 0.6 is 11.6 Å². The second kappa shape index (κ2) is 8.34. The Morgan fingerprint density at radius 2 is 1.53 bits per heavy atom. The van der Waals surface area contributed by atoms with E-state index in [4.69, 9.17) is 21.3 Å². The van der Waals surface area contributed by atoms with Crippen molar-refractivity contribution in [3.8, 4) is 28.3 Å². The average molecular weight is 439 g/mol. The van der Waals surface area contributed by atoms with Crippen molar-refractivity contribution in [3.05, 3.63) is 89.7 Å². The molecule has 7 heteroatoms. The summed E-state index contributed by atoms with van der Waals surface area (Å²) in [6, 6.07) is 23.6. The number of nitrogens with zero attached hydrogens (tertiary/aromatic N) is 1. The van der Waals surface area contributed by atoms with Crippen molar-refractivity contribution in [2.75, 3.05) is 6.26 Å². The van der Waals surface area contributed by atoms with Crippen molar-refractivity contribution in [3.63, 3.8) is 0 Å². The van der Waals surface area contributed by atoms with E-state index in [2.05, 4.69) is 4.98 Å². The smallest absolute Gasteiger partial charge is 0.175 e. The maximum atomic E-state index is 11.8. The van der Waals surface area contributed by atoms with E-state index >= 15 is 0 Å². The van der Waals surface area contributed by atoms with Crippen LogP contribution in [0.5, 0.6) is 5.75 Å². The first kappa shape index (κ1) is 20.2. The number of H-pyrrole nitrogens is 1. The number of halogens is 1. The van der Waals surface area contributed by atoms with E-state index in [1.807, 2.05) is 54.6 Å². The molecule has 152 valence electrons. The van der Waals surface area contributed by atoms with E-state index in [9.17, 15) is 8.42 Å². The first-order valence-corrected chi connectivity index (χ1v) is 11.5. The molecule has 0 saturated carbocycles. The Morgan fingerprint density at radius 3 is 2.17 bits per heavy atom. The van der Waals surface area contributed by atoms with Gasteiger partial charge in [0.25, 0.3) is 0 Å². The minimum absolute atomic E-state index is 0.270. The number of hydrogen-bond donors (Lipinski definition) is 1. The van der Waals surface area contributed by atoms with E-state index < -0.39 is 9.84 Å². The van der Waals surface area contributed by atoms with Gasteiger partial charge in [0, 0.05) is 22.4 Å². The van der Waals surface area contributed by atoms with Gasteiger partial charge in [-0.15, -0.1) is 0 Å². The van der Waals surface area contributed by atoms with Crippen LogP contribution in [0, 0.1) is 0 Å². The Bertz CT molecular complexity index is 1250. The zero-order valence-corrected chi connectivity index (χ0v) is 17.7. The highest BCUT2D eigenvalue weighted by atomic mass is 35.5. The number of rotatable bonds is 6. The molecule has 30 heavy (non-hydrogen) atoms. The lowest BCUT2D eigenvalue weighted by Gasteiger charge is -2.05. The van der Waals surface area contributed by atoms with E-state index in [0.717, 1.165) is 28.3 Å². The monoisotopic (exact) mass is 438 g/mol. The molecule has 0 aliphatic rings. The second-order valence-corrected chi connectivity index (χ2v) is 9.26. The number of para-hydroxylation sites is 1. The molecule has 1 heterocycles. The number of sulfone groups is 1. The molecular formula is C23H19ClN2O3S. The summed E-state index contributed by atoms with van der Waals surface area (Å²) in [5.41, 5.74) is 3.24. The van der Waals surface area contributed by atoms with E-state index in [0.29, 0.717) is 10.8 Å². The maximum Gasteiger partial charge on any atom is 0.175 e. The highest BCUT2D eigenvalue weighted by Gasteiger charge is 2.16. The number of ether oxygens (including phenoxy) is 1. The third-order valence-electron chi connectivity index (χ3n) is 4.56. The third-order valence-corrected chi connectivity index (χ3v) is 5.94. The summed E-state index contributed by atoms with van der Waals surface area (Å²) in [6.07, 6.45) is 1.19. The summed E-state index contributed by atoms with van der Waals surface area (Å²) >= 11 is 6.03. The van der Waals surface area contributed by atoms with Crippen LogP contribution in [-0.2, 0) is 16.4 Å². The molecular weight excluding hydrogens is 420 g/mol. The fourth-order valence-electron chi connectivity index (χ4n) is 3.05. The molecule has 0 radical (unpaired) electrons. The molecule has 0 amide bonds. The summed E-state index contributed by atoms with van der Waals surface area (Å²) in [7, 11) is -3.26. The predicted octanol–water partition coefficient (Wildman–Crippen LogP) is 5.38. The molecule has 0 aliphatic carbocycles. The summed E-state index contributed by atoms with van der Waals surface area (Å²) in [5.74, 6) is 1.41. The van der Waals surface area contributed by atoms with E-state index in [-0.39, 0.29) is 11.5 Å². The second-order valence-electron chi connectivity index (χ2n) is 6.81. The van der Waals surface area contributed by atoms with Crippen molar-refractivity contribution < 1.29 is 13.2 Å². The molecule has 1 aromatic heterocycles. The van der Waals surface area contributed by atoms with Crippen LogP contribution in [0.2, 0.25) is 5.02 Å². The minimum Gasteiger partial charge on any atom is -0.486 e. The number of hydrogen-bond acceptors (Lipinski definition) is 4. The van der Waals surface area contributed by atoms with Gasteiger partial charge in [-0.2, -0.15) is 0 Å². The van der Waals surface area contributed by atoms with Gasteiger partial charge in [0.05, 0.1) is 16.3 Å². The Hall–Kier alpha value is -3.09. The van der Waals surface area contributed by atoms with E-state index in [1.165, 1.54) is 6.26 Å². The largest absolute Gasteiger partial charge is 0.486 e. The fourth-order valence-corrected chi connectivity index (χ4v) is 3.81. The third kappa shape index (κ3) is 4.56. The van der Waals surface area contributed by atoms with Crippen LogP contribution in [0.4, 0.5) is 0 Å². The number of imidazole rings is 1. The summed E-state index contributed by atoms with van der Waals surface area (Å²) in [5, 5.41) is 0.640. The van der Waals surface area contributed by atoms with Crippen LogP contribution in [-0.4, -0.2) is 24.6 Å². The molecule has 0 unspecified atom stereocenters. The Balaban J connectivity index is 1.71. The van der Waals surface area contributed by atoms with Gasteiger partial charge in [0.15, 0.2) is 9.84 Å². The molecule has 1 N–H and O–H groups in total. The number of nitrogens with one attached hydrogen (secondary N) is 1. The topological polar surface area (TPSA) is 72.0 Å². The van der Waals surface area contributed by atoms with Crippen LogP contribution < -0.4 is 4.74 Å². The SMILES string of the molecule is CS(=O)(=O)c1ccc(-c2[nH]c(COc3ccccc3)nc2-c2ccc(Cl)cc2)cc1. The highest BCUT2D eigenvalue weighted by Crippen LogP contribution is 2.31. The average Bonchev–Trinajstić information content (AvgIpc) is 3.17. The first-order chi connectivity index (χ1) is 14.4. The van der Waals surface area contributed by atoms with Gasteiger partial charge in [-0.25, -0.2) is 13.4 Å². The Kier molecular flexibility index (Phi) is 5.61. The molecule has 4 aromatic rings. The number of aromatic amines is 1.